The van der Waals surface area contributed by atoms with Gasteiger partial charge in [-0.15, -0.1) is 0 Å². The van der Waals surface area contributed by atoms with Crippen molar-refractivity contribution >= 4 is 31.0 Å². The van der Waals surface area contributed by atoms with Crippen molar-refractivity contribution in [3.05, 3.63) is 22.8 Å². The summed E-state index contributed by atoms with van der Waals surface area (Å²) in [6.07, 6.45) is 17.8. The molecule has 0 aliphatic carbocycles. The molecular weight excluding hydrogens is 271 g/mol. The van der Waals surface area contributed by atoms with E-state index < -0.39 is 0 Å². The first-order valence-corrected chi connectivity index (χ1v) is 8.97. The third-order valence-electron chi connectivity index (χ3n) is 3.18. The van der Waals surface area contributed by atoms with E-state index in [1.54, 1.807) is 10.9 Å². The minimum absolute atomic E-state index is 0.954. The Morgan fingerprint density at radius 1 is 1.11 bits per heavy atom. The standard InChI is InChI=1S/C17H29ClP/c1-5-11-15(14-17(7-3)19-4)12-9-8-10-13-16(18)6-2/h12-13H,4-11,14H2,1-3H3/q+1/b15-12+,16-13+. The van der Waals surface area contributed by atoms with E-state index in [2.05, 4.69) is 39.2 Å². The number of unbranched alkanes of at least 4 members (excludes halogenated alkanes) is 2. The first-order chi connectivity index (χ1) is 9.17. The summed E-state index contributed by atoms with van der Waals surface area (Å²) in [6, 6.07) is 0. The van der Waals surface area contributed by atoms with Crippen LogP contribution in [0.25, 0.3) is 0 Å². The third-order valence-corrected chi connectivity index (χ3v) is 4.52. The van der Waals surface area contributed by atoms with E-state index in [0.29, 0.717) is 0 Å². The molecule has 0 radical (unpaired) electrons. The van der Waals surface area contributed by atoms with Crippen LogP contribution < -0.4 is 0 Å². The van der Waals surface area contributed by atoms with E-state index in [4.69, 9.17) is 11.6 Å². The van der Waals surface area contributed by atoms with Crippen LogP contribution in [-0.4, -0.2) is 11.6 Å². The molecule has 0 aromatic carbocycles. The van der Waals surface area contributed by atoms with Crippen LogP contribution in [0.4, 0.5) is 0 Å². The maximum absolute atomic E-state index is 6.00. The van der Waals surface area contributed by atoms with Gasteiger partial charge in [0.2, 0.25) is 0 Å². The molecule has 108 valence electrons. The van der Waals surface area contributed by atoms with Crippen molar-refractivity contribution < 1.29 is 0 Å². The van der Waals surface area contributed by atoms with Crippen molar-refractivity contribution in [3.8, 4) is 0 Å². The van der Waals surface area contributed by atoms with Crippen molar-refractivity contribution in [1.29, 1.82) is 0 Å². The predicted molar refractivity (Wildman–Crippen MR) is 95.0 cm³/mol. The molecule has 0 N–H and O–H groups in total. The summed E-state index contributed by atoms with van der Waals surface area (Å²) in [5.74, 6) is 0. The van der Waals surface area contributed by atoms with Gasteiger partial charge in [0, 0.05) is 0 Å². The molecule has 0 bridgehead atoms. The Morgan fingerprint density at radius 2 is 1.79 bits per heavy atom. The zero-order chi connectivity index (χ0) is 14.5. The zero-order valence-corrected chi connectivity index (χ0v) is 14.5. The molecule has 0 spiro atoms. The van der Waals surface area contributed by atoms with E-state index in [1.165, 1.54) is 33.5 Å². The van der Waals surface area contributed by atoms with Gasteiger partial charge in [0.15, 0.2) is 0 Å². The molecule has 0 aromatic rings. The summed E-state index contributed by atoms with van der Waals surface area (Å²) in [5.41, 5.74) is 1.60. The summed E-state index contributed by atoms with van der Waals surface area (Å²) in [6.45, 7) is 6.58. The molecule has 0 fully saturated rings. The van der Waals surface area contributed by atoms with Crippen LogP contribution in [0, 0.1) is 0 Å². The van der Waals surface area contributed by atoms with Crippen LogP contribution in [0.3, 0.4) is 0 Å². The molecule has 0 aliphatic heterocycles. The topological polar surface area (TPSA) is 0 Å². The number of hydrogen-bond donors (Lipinski definition) is 0. The van der Waals surface area contributed by atoms with Crippen molar-refractivity contribution in [1.82, 2.24) is 0 Å². The number of halogens is 1. The second-order valence-corrected chi connectivity index (χ2v) is 6.24. The van der Waals surface area contributed by atoms with Crippen molar-refractivity contribution in [2.24, 2.45) is 0 Å². The molecule has 0 aliphatic rings. The molecular formula is C17H29ClP+. The van der Waals surface area contributed by atoms with Gasteiger partial charge in [-0.2, -0.15) is 0 Å². The van der Waals surface area contributed by atoms with E-state index in [9.17, 15) is 0 Å². The average molecular weight is 300 g/mol. The van der Waals surface area contributed by atoms with Gasteiger partial charge in [-0.1, -0.05) is 0 Å². The van der Waals surface area contributed by atoms with E-state index in [-0.39, 0.29) is 0 Å². The van der Waals surface area contributed by atoms with Gasteiger partial charge in [-0.3, -0.25) is 0 Å². The van der Waals surface area contributed by atoms with E-state index >= 15 is 0 Å². The van der Waals surface area contributed by atoms with Gasteiger partial charge in [0.1, 0.15) is 0 Å². The van der Waals surface area contributed by atoms with Gasteiger partial charge in [-0.05, 0) is 0 Å². The molecule has 0 amide bonds. The Hall–Kier alpha value is -0.0600. The normalized spacial score (nSPS) is 12.6. The monoisotopic (exact) mass is 299 g/mol. The molecule has 19 heavy (non-hydrogen) atoms. The first-order valence-electron chi connectivity index (χ1n) is 7.51. The molecule has 0 aromatic heterocycles. The Morgan fingerprint density at radius 3 is 2.32 bits per heavy atom. The fourth-order valence-corrected chi connectivity index (χ4v) is 2.61. The Labute approximate surface area is 126 Å². The Balaban J connectivity index is 4.23. The molecule has 0 rings (SSSR count). The summed E-state index contributed by atoms with van der Waals surface area (Å²) >= 11 is 6.00. The molecule has 0 atom stereocenters. The minimum atomic E-state index is 0.954. The van der Waals surface area contributed by atoms with Crippen LogP contribution >= 0.6 is 19.4 Å². The number of hydrogen-bond acceptors (Lipinski definition) is 0. The van der Waals surface area contributed by atoms with Gasteiger partial charge >= 0.3 is 126 Å². The van der Waals surface area contributed by atoms with Gasteiger partial charge in [0.05, 0.1) is 0 Å². The summed E-state index contributed by atoms with van der Waals surface area (Å²) in [4.78, 5) is 0. The van der Waals surface area contributed by atoms with Crippen molar-refractivity contribution in [3.63, 3.8) is 0 Å². The molecule has 0 nitrogen and oxygen atoms in total. The van der Waals surface area contributed by atoms with E-state index in [1.807, 2.05) is 0 Å². The molecule has 0 saturated carbocycles. The van der Waals surface area contributed by atoms with Gasteiger partial charge < -0.3 is 0 Å². The second-order valence-electron chi connectivity index (χ2n) is 4.80. The number of rotatable bonds is 10. The van der Waals surface area contributed by atoms with Gasteiger partial charge in [0.25, 0.3) is 0 Å². The quantitative estimate of drug-likeness (QED) is 0.237. The molecule has 0 unspecified atom stereocenters. The fraction of sp³-hybridized carbons (Fsp3) is 0.647. The third kappa shape index (κ3) is 10.4. The molecule has 0 saturated heterocycles. The fourth-order valence-electron chi connectivity index (χ4n) is 1.97. The van der Waals surface area contributed by atoms with Crippen molar-refractivity contribution in [2.75, 3.05) is 0 Å². The second kappa shape index (κ2) is 12.9. The Bertz CT molecular complexity index is 346. The van der Waals surface area contributed by atoms with E-state index in [0.717, 1.165) is 30.7 Å². The van der Waals surface area contributed by atoms with Gasteiger partial charge in [-0.25, -0.2) is 0 Å². The first kappa shape index (κ1) is 18.9. The van der Waals surface area contributed by atoms with Crippen LogP contribution in [0.1, 0.15) is 72.1 Å². The number of allylic oxidation sites excluding steroid dienone is 4. The molecule has 2 heteroatoms. The van der Waals surface area contributed by atoms with Crippen LogP contribution in [-0.2, 0) is 0 Å². The average Bonchev–Trinajstić information content (AvgIpc) is 2.43. The van der Waals surface area contributed by atoms with Crippen LogP contribution in [0.5, 0.6) is 0 Å². The SMILES string of the molecule is C=[P+]=C(CC)C/C(=C/CCC/C=C(/Cl)CC)CCC. The zero-order valence-electron chi connectivity index (χ0n) is 12.8. The summed E-state index contributed by atoms with van der Waals surface area (Å²) < 4.78 is 0. The van der Waals surface area contributed by atoms with Crippen molar-refractivity contribution in [2.45, 2.75) is 72.1 Å². The Kier molecular flexibility index (Phi) is 12.9. The summed E-state index contributed by atoms with van der Waals surface area (Å²) in [7, 11) is 1.21. The predicted octanol–water partition coefficient (Wildman–Crippen LogP) is 6.77. The summed E-state index contributed by atoms with van der Waals surface area (Å²) in [5, 5.41) is 2.55. The maximum atomic E-state index is 6.00. The van der Waals surface area contributed by atoms with Crippen LogP contribution in [0.2, 0.25) is 0 Å². The molecule has 0 heterocycles. The van der Waals surface area contributed by atoms with Crippen LogP contribution in [0.15, 0.2) is 22.8 Å².